The van der Waals surface area contributed by atoms with Gasteiger partial charge in [-0.25, -0.2) is 4.98 Å². The van der Waals surface area contributed by atoms with Gasteiger partial charge >= 0.3 is 0 Å². The molecule has 2 aromatic carbocycles. The second-order valence-corrected chi connectivity index (χ2v) is 7.24. The van der Waals surface area contributed by atoms with Crippen molar-refractivity contribution in [3.8, 4) is 11.1 Å². The van der Waals surface area contributed by atoms with Crippen molar-refractivity contribution in [2.24, 2.45) is 0 Å². The van der Waals surface area contributed by atoms with E-state index >= 15 is 0 Å². The lowest BCUT2D eigenvalue weighted by Gasteiger charge is -2.07. The fraction of sp³-hybridized carbons (Fsp3) is 0.143. The Morgan fingerprint density at radius 1 is 1.04 bits per heavy atom. The molecule has 0 aliphatic rings. The lowest BCUT2D eigenvalue weighted by molar-refractivity contribution is 0.749. The molecule has 0 N–H and O–H groups in total. The third-order valence-corrected chi connectivity index (χ3v) is 5.27. The quantitative estimate of drug-likeness (QED) is 0.534. The Kier molecular flexibility index (Phi) is 3.98. The van der Waals surface area contributed by atoms with Crippen LogP contribution >= 0.6 is 11.3 Å². The van der Waals surface area contributed by atoms with E-state index in [2.05, 4.69) is 49.2 Å². The van der Waals surface area contributed by atoms with Gasteiger partial charge in [0.25, 0.3) is 5.56 Å². The maximum absolute atomic E-state index is 12.9. The van der Waals surface area contributed by atoms with Crippen LogP contribution in [0, 0.1) is 13.8 Å². The highest BCUT2D eigenvalue weighted by Gasteiger charge is 2.12. The maximum atomic E-state index is 12.9. The maximum Gasteiger partial charge on any atom is 0.271 e. The smallest absolute Gasteiger partial charge is 0.271 e. The molecule has 0 aliphatic heterocycles. The molecule has 0 unspecified atom stereocenters. The third-order valence-electron chi connectivity index (χ3n) is 4.31. The van der Waals surface area contributed by atoms with E-state index in [1.54, 1.807) is 10.9 Å². The van der Waals surface area contributed by atoms with Crippen LogP contribution in [0.4, 0.5) is 0 Å². The van der Waals surface area contributed by atoms with Gasteiger partial charge in [0.15, 0.2) is 0 Å². The van der Waals surface area contributed by atoms with Crippen LogP contribution in [0.1, 0.15) is 16.7 Å². The van der Waals surface area contributed by atoms with Crippen molar-refractivity contribution in [2.45, 2.75) is 20.4 Å². The molecule has 124 valence electrons. The van der Waals surface area contributed by atoms with Gasteiger partial charge in [0.1, 0.15) is 4.70 Å². The lowest BCUT2D eigenvalue weighted by Crippen LogP contribution is -2.20. The van der Waals surface area contributed by atoms with E-state index in [0.717, 1.165) is 22.2 Å². The summed E-state index contributed by atoms with van der Waals surface area (Å²) in [5.41, 5.74) is 6.45. The van der Waals surface area contributed by atoms with E-state index in [4.69, 9.17) is 0 Å². The molecule has 0 bridgehead atoms. The largest absolute Gasteiger partial charge is 0.294 e. The molecule has 0 aliphatic carbocycles. The monoisotopic (exact) mass is 346 g/mol. The number of aromatic nitrogens is 2. The number of rotatable bonds is 3. The third kappa shape index (κ3) is 3.01. The van der Waals surface area contributed by atoms with Gasteiger partial charge in [-0.2, -0.15) is 0 Å². The molecule has 4 aromatic rings. The molecule has 2 aromatic heterocycles. The SMILES string of the molecule is Cc1cccc(Cn2cnc3c(-c4cccc(C)c4)csc3c2=O)c1. The summed E-state index contributed by atoms with van der Waals surface area (Å²) >= 11 is 1.47. The Hall–Kier alpha value is -2.72. The summed E-state index contributed by atoms with van der Waals surface area (Å²) in [6.45, 7) is 4.67. The van der Waals surface area contributed by atoms with Crippen molar-refractivity contribution >= 4 is 21.6 Å². The van der Waals surface area contributed by atoms with Gasteiger partial charge in [0.05, 0.1) is 18.4 Å². The molecule has 25 heavy (non-hydrogen) atoms. The van der Waals surface area contributed by atoms with Crippen LogP contribution in [-0.2, 0) is 6.54 Å². The number of hydrogen-bond donors (Lipinski definition) is 0. The molecule has 3 nitrogen and oxygen atoms in total. The number of thiophene rings is 1. The molecule has 0 atom stereocenters. The molecular formula is C21H18N2OS. The van der Waals surface area contributed by atoms with Gasteiger partial charge in [-0.05, 0) is 25.0 Å². The normalized spacial score (nSPS) is 11.1. The fourth-order valence-electron chi connectivity index (χ4n) is 3.08. The predicted octanol–water partition coefficient (Wildman–Crippen LogP) is 4.79. The van der Waals surface area contributed by atoms with Gasteiger partial charge in [0, 0.05) is 10.9 Å². The van der Waals surface area contributed by atoms with Crippen molar-refractivity contribution in [1.82, 2.24) is 9.55 Å². The first kappa shape index (κ1) is 15.8. The lowest BCUT2D eigenvalue weighted by atomic mass is 10.1. The first-order valence-corrected chi connectivity index (χ1v) is 9.09. The van der Waals surface area contributed by atoms with Gasteiger partial charge in [-0.1, -0.05) is 59.7 Å². The zero-order chi connectivity index (χ0) is 17.4. The van der Waals surface area contributed by atoms with Crippen LogP contribution in [-0.4, -0.2) is 9.55 Å². The van der Waals surface area contributed by atoms with Crippen LogP contribution in [0.5, 0.6) is 0 Å². The number of benzene rings is 2. The van der Waals surface area contributed by atoms with Gasteiger partial charge in [-0.15, -0.1) is 11.3 Å². The number of fused-ring (bicyclic) bond motifs is 1. The van der Waals surface area contributed by atoms with Crippen LogP contribution in [0.2, 0.25) is 0 Å². The van der Waals surface area contributed by atoms with E-state index < -0.39 is 0 Å². The van der Waals surface area contributed by atoms with E-state index in [1.807, 2.05) is 23.6 Å². The summed E-state index contributed by atoms with van der Waals surface area (Å²) in [5, 5.41) is 2.03. The second kappa shape index (κ2) is 6.30. The van der Waals surface area contributed by atoms with Crippen LogP contribution < -0.4 is 5.56 Å². The highest BCUT2D eigenvalue weighted by Crippen LogP contribution is 2.31. The molecule has 0 saturated carbocycles. The fourth-order valence-corrected chi connectivity index (χ4v) is 4.05. The summed E-state index contributed by atoms with van der Waals surface area (Å²) in [6.07, 6.45) is 1.67. The van der Waals surface area contributed by atoms with Crippen LogP contribution in [0.25, 0.3) is 21.3 Å². The summed E-state index contributed by atoms with van der Waals surface area (Å²) in [6, 6.07) is 16.5. The minimum Gasteiger partial charge on any atom is -0.294 e. The first-order valence-electron chi connectivity index (χ1n) is 8.21. The van der Waals surface area contributed by atoms with Gasteiger partial charge in [0.2, 0.25) is 0 Å². The number of nitrogens with zero attached hydrogens (tertiary/aromatic N) is 2. The van der Waals surface area contributed by atoms with Crippen LogP contribution in [0.15, 0.2) is 65.0 Å². The minimum atomic E-state index is 0.0235. The van der Waals surface area contributed by atoms with Gasteiger partial charge < -0.3 is 0 Å². The first-order chi connectivity index (χ1) is 12.1. The zero-order valence-electron chi connectivity index (χ0n) is 14.2. The molecule has 0 fully saturated rings. The van der Waals surface area contributed by atoms with Gasteiger partial charge in [-0.3, -0.25) is 9.36 Å². The Labute approximate surface area is 150 Å². The van der Waals surface area contributed by atoms with Crippen molar-refractivity contribution in [3.63, 3.8) is 0 Å². The molecule has 4 heteroatoms. The molecule has 0 radical (unpaired) electrons. The van der Waals surface area contributed by atoms with Crippen LogP contribution in [0.3, 0.4) is 0 Å². The topological polar surface area (TPSA) is 34.9 Å². The van der Waals surface area contributed by atoms with Crippen molar-refractivity contribution in [3.05, 3.63) is 87.3 Å². The average molecular weight is 346 g/mol. The Balaban J connectivity index is 1.78. The molecule has 0 saturated heterocycles. The number of aryl methyl sites for hydroxylation is 2. The molecule has 0 amide bonds. The highest BCUT2D eigenvalue weighted by atomic mass is 32.1. The Bertz CT molecular complexity index is 1120. The Morgan fingerprint density at radius 3 is 2.56 bits per heavy atom. The summed E-state index contributed by atoms with van der Waals surface area (Å²) < 4.78 is 2.40. The summed E-state index contributed by atoms with van der Waals surface area (Å²) in [4.78, 5) is 17.5. The van der Waals surface area contributed by atoms with E-state index in [0.29, 0.717) is 11.2 Å². The second-order valence-electron chi connectivity index (χ2n) is 6.36. The van der Waals surface area contributed by atoms with Crippen molar-refractivity contribution in [2.75, 3.05) is 0 Å². The number of hydrogen-bond acceptors (Lipinski definition) is 3. The summed E-state index contributed by atoms with van der Waals surface area (Å²) in [5.74, 6) is 0. The minimum absolute atomic E-state index is 0.0235. The highest BCUT2D eigenvalue weighted by molar-refractivity contribution is 7.17. The van der Waals surface area contributed by atoms with E-state index in [-0.39, 0.29) is 5.56 Å². The zero-order valence-corrected chi connectivity index (χ0v) is 15.0. The molecule has 4 rings (SSSR count). The van der Waals surface area contributed by atoms with E-state index in [1.165, 1.54) is 22.5 Å². The summed E-state index contributed by atoms with van der Waals surface area (Å²) in [7, 11) is 0. The molecular weight excluding hydrogens is 328 g/mol. The standard InChI is InChI=1S/C21H18N2OS/c1-14-5-3-7-16(9-14)11-23-13-22-19-18(12-25-20(19)21(23)24)17-8-4-6-15(2)10-17/h3-10,12-13H,11H2,1-2H3. The molecule has 2 heterocycles. The van der Waals surface area contributed by atoms with Crippen molar-refractivity contribution < 1.29 is 0 Å². The predicted molar refractivity (Wildman–Crippen MR) is 104 cm³/mol. The van der Waals surface area contributed by atoms with E-state index in [9.17, 15) is 4.79 Å². The van der Waals surface area contributed by atoms with Crippen molar-refractivity contribution in [1.29, 1.82) is 0 Å². The average Bonchev–Trinajstić information content (AvgIpc) is 3.02. The molecule has 0 spiro atoms. The Morgan fingerprint density at radius 2 is 1.80 bits per heavy atom.